The van der Waals surface area contributed by atoms with E-state index in [0.29, 0.717) is 17.2 Å². The highest BCUT2D eigenvalue weighted by Crippen LogP contribution is 2.06. The van der Waals surface area contributed by atoms with Crippen LogP contribution in [-0.4, -0.2) is 20.9 Å². The molecule has 60 valence electrons. The number of aromatic nitrogens is 3. The number of nitrogen functional groups attached to an aromatic ring is 1. The van der Waals surface area contributed by atoms with Crippen molar-refractivity contribution >= 4 is 17.9 Å². The number of nitrogens with zero attached hydrogens (tertiary/aromatic N) is 3. The maximum atomic E-state index is 10.4. The monoisotopic (exact) mass is 162 g/mol. The minimum atomic E-state index is 0.322. The van der Waals surface area contributed by atoms with Gasteiger partial charge >= 0.3 is 0 Å². The highest BCUT2D eigenvalue weighted by molar-refractivity contribution is 5.76. The van der Waals surface area contributed by atoms with E-state index in [4.69, 9.17) is 5.73 Å². The number of aldehydes is 1. The summed E-state index contributed by atoms with van der Waals surface area (Å²) < 4.78 is 1.60. The van der Waals surface area contributed by atoms with Crippen molar-refractivity contribution < 1.29 is 4.79 Å². The average Bonchev–Trinajstić information content (AvgIpc) is 2.47. The van der Waals surface area contributed by atoms with Crippen LogP contribution in [0, 0.1) is 0 Å². The topological polar surface area (TPSA) is 73.3 Å². The van der Waals surface area contributed by atoms with Crippen LogP contribution in [0.3, 0.4) is 0 Å². The number of rotatable bonds is 1. The summed E-state index contributed by atoms with van der Waals surface area (Å²) in [4.78, 5) is 10.4. The van der Waals surface area contributed by atoms with Gasteiger partial charge < -0.3 is 5.73 Å². The number of hydrogen-bond acceptors (Lipinski definition) is 4. The fraction of sp³-hybridized carbons (Fsp3) is 0. The maximum absolute atomic E-state index is 10.4. The first-order chi connectivity index (χ1) is 5.81. The van der Waals surface area contributed by atoms with E-state index in [0.717, 1.165) is 6.29 Å². The van der Waals surface area contributed by atoms with Gasteiger partial charge in [-0.1, -0.05) is 0 Å². The Hall–Kier alpha value is -1.91. The summed E-state index contributed by atoms with van der Waals surface area (Å²) in [5, 5.41) is 7.40. The summed E-state index contributed by atoms with van der Waals surface area (Å²) in [7, 11) is 0. The maximum Gasteiger partial charge on any atom is 0.226 e. The van der Waals surface area contributed by atoms with E-state index in [9.17, 15) is 4.79 Å². The second-order valence-corrected chi connectivity index (χ2v) is 2.36. The van der Waals surface area contributed by atoms with Gasteiger partial charge in [-0.3, -0.25) is 9.20 Å². The van der Waals surface area contributed by atoms with Gasteiger partial charge in [0.25, 0.3) is 0 Å². The van der Waals surface area contributed by atoms with Crippen LogP contribution in [0.1, 0.15) is 10.4 Å². The molecule has 0 amide bonds. The van der Waals surface area contributed by atoms with Crippen molar-refractivity contribution in [2.24, 2.45) is 0 Å². The molecule has 0 fully saturated rings. The van der Waals surface area contributed by atoms with E-state index in [1.165, 1.54) is 0 Å². The molecule has 0 aromatic carbocycles. The van der Waals surface area contributed by atoms with Gasteiger partial charge in [-0.15, -0.1) is 10.2 Å². The molecule has 2 N–H and O–H groups in total. The van der Waals surface area contributed by atoms with Crippen molar-refractivity contribution in [1.29, 1.82) is 0 Å². The van der Waals surface area contributed by atoms with E-state index < -0.39 is 0 Å². The van der Waals surface area contributed by atoms with Crippen LogP contribution in [0.4, 0.5) is 5.95 Å². The van der Waals surface area contributed by atoms with Crippen molar-refractivity contribution in [3.05, 3.63) is 23.9 Å². The lowest BCUT2D eigenvalue weighted by Crippen LogP contribution is -1.93. The van der Waals surface area contributed by atoms with E-state index in [1.54, 1.807) is 22.7 Å². The highest BCUT2D eigenvalue weighted by atomic mass is 16.1. The van der Waals surface area contributed by atoms with Gasteiger partial charge in [-0.25, -0.2) is 0 Å². The number of hydrogen-bond donors (Lipinski definition) is 1. The molecule has 0 atom stereocenters. The Balaban J connectivity index is 2.77. The number of anilines is 1. The van der Waals surface area contributed by atoms with E-state index in [-0.39, 0.29) is 0 Å². The zero-order valence-corrected chi connectivity index (χ0v) is 6.14. The smallest absolute Gasteiger partial charge is 0.226 e. The Labute approximate surface area is 67.8 Å². The van der Waals surface area contributed by atoms with Gasteiger partial charge in [0, 0.05) is 11.8 Å². The summed E-state index contributed by atoms with van der Waals surface area (Å²) in [6.45, 7) is 0. The fourth-order valence-electron chi connectivity index (χ4n) is 0.998. The Morgan fingerprint density at radius 3 is 3.08 bits per heavy atom. The van der Waals surface area contributed by atoms with Crippen LogP contribution in [-0.2, 0) is 0 Å². The predicted molar refractivity (Wildman–Crippen MR) is 42.8 cm³/mol. The Bertz CT molecular complexity index is 434. The molecule has 2 heterocycles. The molecular formula is C7H6N4O. The second kappa shape index (κ2) is 2.30. The highest BCUT2D eigenvalue weighted by Gasteiger charge is 2.00. The van der Waals surface area contributed by atoms with E-state index >= 15 is 0 Å². The SMILES string of the molecule is Nc1nnc2cc(C=O)ccn12. The molecule has 0 saturated heterocycles. The van der Waals surface area contributed by atoms with Crippen LogP contribution in [0.5, 0.6) is 0 Å². The lowest BCUT2D eigenvalue weighted by molar-refractivity contribution is 0.112. The van der Waals surface area contributed by atoms with Gasteiger partial charge in [0.05, 0.1) is 0 Å². The summed E-state index contributed by atoms with van der Waals surface area (Å²) in [6.07, 6.45) is 2.42. The summed E-state index contributed by atoms with van der Waals surface area (Å²) >= 11 is 0. The lowest BCUT2D eigenvalue weighted by Gasteiger charge is -1.93. The molecule has 0 saturated carbocycles. The molecule has 12 heavy (non-hydrogen) atoms. The molecule has 0 radical (unpaired) electrons. The van der Waals surface area contributed by atoms with Gasteiger partial charge in [-0.05, 0) is 12.1 Å². The minimum absolute atomic E-state index is 0.322. The molecule has 0 aliphatic heterocycles. The molecule has 2 rings (SSSR count). The third-order valence-electron chi connectivity index (χ3n) is 1.60. The predicted octanol–water partition coefficient (Wildman–Crippen LogP) is 0.124. The third-order valence-corrected chi connectivity index (χ3v) is 1.60. The Morgan fingerprint density at radius 1 is 1.50 bits per heavy atom. The first kappa shape index (κ1) is 6.78. The zero-order chi connectivity index (χ0) is 8.55. The fourth-order valence-corrected chi connectivity index (χ4v) is 0.998. The molecule has 0 aliphatic rings. The normalized spacial score (nSPS) is 10.3. The van der Waals surface area contributed by atoms with Crippen LogP contribution in [0.15, 0.2) is 18.3 Å². The largest absolute Gasteiger partial charge is 0.368 e. The number of carbonyl (C=O) groups is 1. The molecule has 0 aliphatic carbocycles. The van der Waals surface area contributed by atoms with Crippen LogP contribution < -0.4 is 5.73 Å². The van der Waals surface area contributed by atoms with Crippen LogP contribution in [0.25, 0.3) is 5.65 Å². The Morgan fingerprint density at radius 2 is 2.33 bits per heavy atom. The number of nitrogens with two attached hydrogens (primary N) is 1. The van der Waals surface area contributed by atoms with Gasteiger partial charge in [0.15, 0.2) is 5.65 Å². The molecule has 2 aromatic heterocycles. The molecular weight excluding hydrogens is 156 g/mol. The molecule has 5 heteroatoms. The number of pyridine rings is 1. The Kier molecular flexibility index (Phi) is 1.30. The van der Waals surface area contributed by atoms with Crippen molar-refractivity contribution in [1.82, 2.24) is 14.6 Å². The lowest BCUT2D eigenvalue weighted by atomic mass is 10.3. The van der Waals surface area contributed by atoms with Crippen molar-refractivity contribution in [3.8, 4) is 0 Å². The number of carbonyl (C=O) groups excluding carboxylic acids is 1. The van der Waals surface area contributed by atoms with Crippen molar-refractivity contribution in [2.45, 2.75) is 0 Å². The third kappa shape index (κ3) is 0.833. The summed E-state index contributed by atoms with van der Waals surface area (Å²) in [5.41, 5.74) is 6.61. The summed E-state index contributed by atoms with van der Waals surface area (Å²) in [6, 6.07) is 3.27. The molecule has 5 nitrogen and oxygen atoms in total. The molecule has 0 unspecified atom stereocenters. The molecule has 2 aromatic rings. The second-order valence-electron chi connectivity index (χ2n) is 2.36. The number of fused-ring (bicyclic) bond motifs is 1. The average molecular weight is 162 g/mol. The van der Waals surface area contributed by atoms with E-state index in [2.05, 4.69) is 10.2 Å². The van der Waals surface area contributed by atoms with Gasteiger partial charge in [0.1, 0.15) is 6.29 Å². The van der Waals surface area contributed by atoms with Crippen molar-refractivity contribution in [2.75, 3.05) is 5.73 Å². The van der Waals surface area contributed by atoms with Crippen LogP contribution in [0.2, 0.25) is 0 Å². The van der Waals surface area contributed by atoms with Crippen LogP contribution >= 0.6 is 0 Å². The van der Waals surface area contributed by atoms with E-state index in [1.807, 2.05) is 0 Å². The minimum Gasteiger partial charge on any atom is -0.368 e. The van der Waals surface area contributed by atoms with Gasteiger partial charge in [-0.2, -0.15) is 0 Å². The molecule has 0 spiro atoms. The zero-order valence-electron chi connectivity index (χ0n) is 6.14. The van der Waals surface area contributed by atoms with Gasteiger partial charge in [0.2, 0.25) is 5.95 Å². The standard InChI is InChI=1S/C7H6N4O/c8-7-10-9-6-3-5(4-12)1-2-11(6)7/h1-4H,(H2,8,10). The first-order valence-corrected chi connectivity index (χ1v) is 3.37. The quantitative estimate of drug-likeness (QED) is 0.604. The summed E-state index contributed by atoms with van der Waals surface area (Å²) in [5.74, 6) is 0.322. The van der Waals surface area contributed by atoms with Crippen molar-refractivity contribution in [3.63, 3.8) is 0 Å². The molecule has 0 bridgehead atoms. The first-order valence-electron chi connectivity index (χ1n) is 3.37.